The van der Waals surface area contributed by atoms with Crippen molar-refractivity contribution >= 4 is 26.5 Å². The topological polar surface area (TPSA) is 0 Å². The summed E-state index contributed by atoms with van der Waals surface area (Å²) in [6.07, 6.45) is 1.07. The summed E-state index contributed by atoms with van der Waals surface area (Å²) in [6, 6.07) is 15.5. The van der Waals surface area contributed by atoms with Crippen LogP contribution in [0.1, 0.15) is 11.1 Å². The van der Waals surface area contributed by atoms with Crippen molar-refractivity contribution in [1.29, 1.82) is 0 Å². The third-order valence-electron chi connectivity index (χ3n) is 4.46. The molecule has 0 atom stereocenters. The van der Waals surface area contributed by atoms with E-state index in [0.717, 1.165) is 6.42 Å². The molecule has 0 aromatic heterocycles. The fourth-order valence-corrected chi connectivity index (χ4v) is 5.33. The highest BCUT2D eigenvalue weighted by Gasteiger charge is 2.25. The largest absolute Gasteiger partial charge is 0.0784 e. The number of rotatable bonds is 2. The highest BCUT2D eigenvalue weighted by molar-refractivity contribution is 6.89. The first-order valence-corrected chi connectivity index (χ1v) is 14.9. The van der Waals surface area contributed by atoms with Crippen LogP contribution < -0.4 is 10.4 Å². The molecular weight excluding hydrogens is 284 g/mol. The molecule has 0 N–H and O–H groups in total. The van der Waals surface area contributed by atoms with Crippen LogP contribution in [0, 0.1) is 6.07 Å². The molecule has 0 unspecified atom stereocenters. The van der Waals surface area contributed by atoms with E-state index in [1.807, 2.05) is 0 Å². The smallest absolute Gasteiger partial charge is 0.0656 e. The van der Waals surface area contributed by atoms with E-state index in [-0.39, 0.29) is 0 Å². The summed E-state index contributed by atoms with van der Waals surface area (Å²) in [7, 11) is -2.49. The first kappa shape index (κ1) is 14.8. The average molecular weight is 310 g/mol. The van der Waals surface area contributed by atoms with Gasteiger partial charge in [0.05, 0.1) is 16.1 Å². The van der Waals surface area contributed by atoms with Gasteiger partial charge in [-0.2, -0.15) is 0 Å². The fourth-order valence-electron chi connectivity index (χ4n) is 3.03. The Labute approximate surface area is 131 Å². The Morgan fingerprint density at radius 2 is 1.48 bits per heavy atom. The highest BCUT2D eigenvalue weighted by Crippen LogP contribution is 2.35. The molecule has 1 aliphatic carbocycles. The molecule has 21 heavy (non-hydrogen) atoms. The van der Waals surface area contributed by atoms with E-state index in [1.165, 1.54) is 27.4 Å². The third-order valence-corrected chi connectivity index (χ3v) is 8.41. The number of fused-ring (bicyclic) bond motifs is 3. The van der Waals surface area contributed by atoms with Crippen molar-refractivity contribution in [1.82, 2.24) is 0 Å². The Hall–Kier alpha value is -1.13. The molecule has 0 saturated heterocycles. The lowest BCUT2D eigenvalue weighted by molar-refractivity contribution is 1.26. The number of hydrogen-bond donors (Lipinski definition) is 0. The fraction of sp³-hybridized carbons (Fsp3) is 0.368. The molecule has 1 radical (unpaired) electrons. The SMILES string of the molecule is C[Si](C)(C)c1[c]c2c(cc1)-c1ccc([Si](C)(C)C)cc1C2. The van der Waals surface area contributed by atoms with Gasteiger partial charge >= 0.3 is 0 Å². The van der Waals surface area contributed by atoms with Crippen molar-refractivity contribution in [2.45, 2.75) is 45.7 Å². The van der Waals surface area contributed by atoms with Crippen LogP contribution in [0.3, 0.4) is 0 Å². The predicted molar refractivity (Wildman–Crippen MR) is 99.5 cm³/mol. The zero-order valence-electron chi connectivity index (χ0n) is 14.1. The lowest BCUT2D eigenvalue weighted by Crippen LogP contribution is -2.37. The molecule has 0 fully saturated rings. The van der Waals surface area contributed by atoms with Crippen molar-refractivity contribution in [3.8, 4) is 11.1 Å². The maximum Gasteiger partial charge on any atom is 0.0784 e. The van der Waals surface area contributed by atoms with Gasteiger partial charge < -0.3 is 0 Å². The number of hydrogen-bond acceptors (Lipinski definition) is 0. The monoisotopic (exact) mass is 309 g/mol. The highest BCUT2D eigenvalue weighted by atomic mass is 28.3. The molecule has 0 heterocycles. The van der Waals surface area contributed by atoms with Crippen LogP contribution in [0.5, 0.6) is 0 Å². The van der Waals surface area contributed by atoms with Crippen LogP contribution in [0.4, 0.5) is 0 Å². The molecule has 0 nitrogen and oxygen atoms in total. The van der Waals surface area contributed by atoms with Gasteiger partial charge in [0.15, 0.2) is 0 Å². The standard InChI is InChI=1S/C19H25Si2/c1-20(2,3)16-7-9-18-14(12-16)11-15-13-17(21(4,5)6)8-10-19(15)18/h7-10,12H,11H2,1-6H3. The van der Waals surface area contributed by atoms with Crippen molar-refractivity contribution < 1.29 is 0 Å². The van der Waals surface area contributed by atoms with Gasteiger partial charge in [-0.25, -0.2) is 0 Å². The maximum absolute atomic E-state index is 3.74. The third kappa shape index (κ3) is 2.67. The Bertz CT molecular complexity index is 639. The molecule has 2 heteroatoms. The van der Waals surface area contributed by atoms with E-state index >= 15 is 0 Å². The van der Waals surface area contributed by atoms with Gasteiger partial charge in [-0.1, -0.05) is 80.0 Å². The van der Waals surface area contributed by atoms with Gasteiger partial charge in [-0.3, -0.25) is 0 Å². The summed E-state index contributed by atoms with van der Waals surface area (Å²) in [5, 5.41) is 3.03. The van der Waals surface area contributed by atoms with Crippen LogP contribution in [0.15, 0.2) is 30.3 Å². The summed E-state index contributed by atoms with van der Waals surface area (Å²) in [5.74, 6) is 0. The summed E-state index contributed by atoms with van der Waals surface area (Å²) in [4.78, 5) is 0. The molecule has 2 aromatic rings. The minimum Gasteiger partial charge on any atom is -0.0656 e. The summed E-state index contributed by atoms with van der Waals surface area (Å²) in [6.45, 7) is 14.5. The van der Waals surface area contributed by atoms with E-state index in [1.54, 1.807) is 5.19 Å². The van der Waals surface area contributed by atoms with Crippen LogP contribution in [-0.2, 0) is 6.42 Å². The van der Waals surface area contributed by atoms with E-state index in [2.05, 4.69) is 75.7 Å². The van der Waals surface area contributed by atoms with E-state index in [0.29, 0.717) is 0 Å². The Balaban J connectivity index is 2.06. The van der Waals surface area contributed by atoms with Crippen molar-refractivity contribution in [3.05, 3.63) is 47.5 Å². The van der Waals surface area contributed by atoms with E-state index < -0.39 is 16.1 Å². The van der Waals surface area contributed by atoms with Crippen LogP contribution >= 0.6 is 0 Å². The molecule has 0 spiro atoms. The first-order chi connectivity index (χ1) is 9.66. The van der Waals surface area contributed by atoms with Gasteiger partial charge in [0, 0.05) is 0 Å². The normalized spacial score (nSPS) is 14.0. The second-order valence-electron chi connectivity index (χ2n) is 8.31. The lowest BCUT2D eigenvalue weighted by Gasteiger charge is -2.18. The van der Waals surface area contributed by atoms with Gasteiger partial charge in [-0.15, -0.1) is 0 Å². The Morgan fingerprint density at radius 1 is 0.810 bits per heavy atom. The van der Waals surface area contributed by atoms with Gasteiger partial charge in [0.25, 0.3) is 0 Å². The molecule has 0 aliphatic heterocycles. The number of benzene rings is 2. The van der Waals surface area contributed by atoms with Gasteiger partial charge in [-0.05, 0) is 34.7 Å². The minimum absolute atomic E-state index is 1.07. The zero-order chi connectivity index (χ0) is 15.4. The first-order valence-electron chi connectivity index (χ1n) is 7.86. The molecule has 0 bridgehead atoms. The van der Waals surface area contributed by atoms with Gasteiger partial charge in [0.2, 0.25) is 0 Å². The molecule has 3 rings (SSSR count). The molecule has 0 amide bonds. The second-order valence-corrected chi connectivity index (χ2v) is 18.4. The Morgan fingerprint density at radius 3 is 2.10 bits per heavy atom. The quantitative estimate of drug-likeness (QED) is 0.624. The van der Waals surface area contributed by atoms with Crippen LogP contribution in [-0.4, -0.2) is 16.1 Å². The summed E-state index contributed by atoms with van der Waals surface area (Å²) >= 11 is 0. The second kappa shape index (κ2) is 4.69. The van der Waals surface area contributed by atoms with Gasteiger partial charge in [0.1, 0.15) is 0 Å². The van der Waals surface area contributed by atoms with Crippen LogP contribution in [0.25, 0.3) is 11.1 Å². The summed E-state index contributed by atoms with van der Waals surface area (Å²) in [5.41, 5.74) is 5.77. The van der Waals surface area contributed by atoms with E-state index in [9.17, 15) is 0 Å². The van der Waals surface area contributed by atoms with Crippen LogP contribution in [0.2, 0.25) is 39.3 Å². The zero-order valence-corrected chi connectivity index (χ0v) is 16.1. The molecule has 109 valence electrons. The average Bonchev–Trinajstić information content (AvgIpc) is 2.73. The molecule has 2 aromatic carbocycles. The summed E-state index contributed by atoms with van der Waals surface area (Å²) < 4.78 is 0. The van der Waals surface area contributed by atoms with Crippen molar-refractivity contribution in [3.63, 3.8) is 0 Å². The molecular formula is C19H25Si2. The maximum atomic E-state index is 3.74. The lowest BCUT2D eigenvalue weighted by atomic mass is 10.1. The van der Waals surface area contributed by atoms with Crippen molar-refractivity contribution in [2.75, 3.05) is 0 Å². The Kier molecular flexibility index (Phi) is 3.30. The van der Waals surface area contributed by atoms with Crippen molar-refractivity contribution in [2.24, 2.45) is 0 Å². The minimum atomic E-state index is -1.27. The molecule has 1 aliphatic rings. The predicted octanol–water partition coefficient (Wildman–Crippen LogP) is 4.15. The van der Waals surface area contributed by atoms with E-state index in [4.69, 9.17) is 0 Å². The molecule has 0 saturated carbocycles.